The molecule has 0 bridgehead atoms. The standard InChI is InChI=1S/C13H18N2OS2/c1-9-6-7-11(18-9)13(16)15(8-12(14)17)10-4-2-3-5-10/h6-7,10H,2-5,8H2,1H3,(H2,14,17). The first-order chi connectivity index (χ1) is 8.58. The van der Waals surface area contributed by atoms with Gasteiger partial charge in [-0.3, -0.25) is 4.79 Å². The van der Waals surface area contributed by atoms with Gasteiger partial charge in [0.15, 0.2) is 0 Å². The molecule has 2 rings (SSSR count). The molecule has 1 fully saturated rings. The Bertz CT molecular complexity index is 450. The molecule has 1 aromatic heterocycles. The maximum atomic E-state index is 12.5. The Labute approximate surface area is 117 Å². The molecule has 1 aromatic rings. The molecular formula is C13H18N2OS2. The van der Waals surface area contributed by atoms with E-state index in [4.69, 9.17) is 18.0 Å². The van der Waals surface area contributed by atoms with Crippen molar-refractivity contribution in [3.8, 4) is 0 Å². The lowest BCUT2D eigenvalue weighted by atomic mass is 10.2. The summed E-state index contributed by atoms with van der Waals surface area (Å²) in [6.45, 7) is 2.41. The Morgan fingerprint density at radius 2 is 2.17 bits per heavy atom. The molecule has 3 nitrogen and oxygen atoms in total. The number of thiophene rings is 1. The van der Waals surface area contributed by atoms with Crippen molar-refractivity contribution in [2.24, 2.45) is 5.73 Å². The van der Waals surface area contributed by atoms with Gasteiger partial charge in [-0.05, 0) is 31.9 Å². The highest BCUT2D eigenvalue weighted by molar-refractivity contribution is 7.80. The van der Waals surface area contributed by atoms with E-state index in [0.29, 0.717) is 17.6 Å². The summed E-state index contributed by atoms with van der Waals surface area (Å²) in [6, 6.07) is 4.18. The molecule has 2 N–H and O–H groups in total. The molecule has 18 heavy (non-hydrogen) atoms. The van der Waals surface area contributed by atoms with Gasteiger partial charge in [0.25, 0.3) is 5.91 Å². The lowest BCUT2D eigenvalue weighted by molar-refractivity contribution is 0.0719. The first kappa shape index (κ1) is 13.5. The second-order valence-electron chi connectivity index (χ2n) is 4.75. The molecule has 1 heterocycles. The van der Waals surface area contributed by atoms with E-state index in [0.717, 1.165) is 22.6 Å². The molecular weight excluding hydrogens is 264 g/mol. The van der Waals surface area contributed by atoms with Crippen LogP contribution in [0.15, 0.2) is 12.1 Å². The maximum Gasteiger partial charge on any atom is 0.264 e. The Kier molecular flexibility index (Phi) is 4.35. The first-order valence-electron chi connectivity index (χ1n) is 6.23. The van der Waals surface area contributed by atoms with Crippen LogP contribution in [0, 0.1) is 6.92 Å². The predicted octanol–water partition coefficient (Wildman–Crippen LogP) is 2.73. The fourth-order valence-corrected chi connectivity index (χ4v) is 3.40. The van der Waals surface area contributed by atoms with Crippen molar-refractivity contribution >= 4 is 34.5 Å². The third-order valence-corrected chi connectivity index (χ3v) is 4.42. The summed E-state index contributed by atoms with van der Waals surface area (Å²) >= 11 is 6.50. The molecule has 0 spiro atoms. The second kappa shape index (κ2) is 5.80. The molecule has 1 amide bonds. The average Bonchev–Trinajstić information content (AvgIpc) is 2.95. The summed E-state index contributed by atoms with van der Waals surface area (Å²) in [5, 5.41) is 0. The van der Waals surface area contributed by atoms with Gasteiger partial charge in [-0.25, -0.2) is 0 Å². The third-order valence-electron chi connectivity index (χ3n) is 3.30. The summed E-state index contributed by atoms with van der Waals surface area (Å²) in [5.74, 6) is 0.0767. The quantitative estimate of drug-likeness (QED) is 0.864. The number of hydrogen-bond donors (Lipinski definition) is 1. The number of nitrogens with two attached hydrogens (primary N) is 1. The number of nitrogens with zero attached hydrogens (tertiary/aromatic N) is 1. The predicted molar refractivity (Wildman–Crippen MR) is 79.1 cm³/mol. The Morgan fingerprint density at radius 1 is 1.50 bits per heavy atom. The number of carbonyl (C=O) groups is 1. The van der Waals surface area contributed by atoms with Crippen LogP contribution < -0.4 is 5.73 Å². The maximum absolute atomic E-state index is 12.5. The number of aryl methyl sites for hydroxylation is 1. The van der Waals surface area contributed by atoms with E-state index in [9.17, 15) is 4.79 Å². The monoisotopic (exact) mass is 282 g/mol. The van der Waals surface area contributed by atoms with Crippen LogP contribution in [0.25, 0.3) is 0 Å². The van der Waals surface area contributed by atoms with Gasteiger partial charge in [-0.2, -0.15) is 0 Å². The van der Waals surface area contributed by atoms with Crippen molar-refractivity contribution in [1.82, 2.24) is 4.90 Å². The highest BCUT2D eigenvalue weighted by Crippen LogP contribution is 2.26. The van der Waals surface area contributed by atoms with Gasteiger partial charge in [0.2, 0.25) is 0 Å². The van der Waals surface area contributed by atoms with Crippen molar-refractivity contribution in [1.29, 1.82) is 0 Å². The normalized spacial score (nSPS) is 15.8. The van der Waals surface area contributed by atoms with Crippen LogP contribution in [0.2, 0.25) is 0 Å². The van der Waals surface area contributed by atoms with E-state index in [1.54, 1.807) is 0 Å². The van der Waals surface area contributed by atoms with Crippen LogP contribution in [0.5, 0.6) is 0 Å². The van der Waals surface area contributed by atoms with Crippen LogP contribution >= 0.6 is 23.6 Å². The lowest BCUT2D eigenvalue weighted by Crippen LogP contribution is -2.43. The zero-order valence-electron chi connectivity index (χ0n) is 10.5. The number of thiocarbonyl (C=S) groups is 1. The first-order valence-corrected chi connectivity index (χ1v) is 7.46. The molecule has 0 aromatic carbocycles. The third kappa shape index (κ3) is 3.09. The van der Waals surface area contributed by atoms with Gasteiger partial charge in [0.1, 0.15) is 0 Å². The van der Waals surface area contributed by atoms with E-state index < -0.39 is 0 Å². The van der Waals surface area contributed by atoms with Gasteiger partial charge < -0.3 is 10.6 Å². The van der Waals surface area contributed by atoms with E-state index in [2.05, 4.69) is 0 Å². The smallest absolute Gasteiger partial charge is 0.264 e. The molecule has 5 heteroatoms. The van der Waals surface area contributed by atoms with Crippen molar-refractivity contribution in [3.63, 3.8) is 0 Å². The van der Waals surface area contributed by atoms with E-state index in [1.165, 1.54) is 24.2 Å². The van der Waals surface area contributed by atoms with E-state index in [-0.39, 0.29) is 5.91 Å². The van der Waals surface area contributed by atoms with Crippen molar-refractivity contribution in [2.45, 2.75) is 38.6 Å². The molecule has 0 aliphatic heterocycles. The highest BCUT2D eigenvalue weighted by Gasteiger charge is 2.28. The number of rotatable bonds is 4. The minimum Gasteiger partial charge on any atom is -0.392 e. The zero-order valence-corrected chi connectivity index (χ0v) is 12.1. The van der Waals surface area contributed by atoms with Crippen LogP contribution in [0.4, 0.5) is 0 Å². The minimum atomic E-state index is 0.0767. The van der Waals surface area contributed by atoms with E-state index in [1.807, 2.05) is 24.0 Å². The molecule has 1 saturated carbocycles. The molecule has 0 saturated heterocycles. The van der Waals surface area contributed by atoms with Gasteiger partial charge in [-0.1, -0.05) is 25.1 Å². The van der Waals surface area contributed by atoms with Crippen LogP contribution in [-0.4, -0.2) is 28.4 Å². The Balaban J connectivity index is 2.17. The molecule has 0 radical (unpaired) electrons. The summed E-state index contributed by atoms with van der Waals surface area (Å²) in [5.41, 5.74) is 5.62. The fraction of sp³-hybridized carbons (Fsp3) is 0.538. The van der Waals surface area contributed by atoms with Gasteiger partial charge in [0.05, 0.1) is 16.4 Å². The largest absolute Gasteiger partial charge is 0.392 e. The van der Waals surface area contributed by atoms with E-state index >= 15 is 0 Å². The minimum absolute atomic E-state index is 0.0767. The number of carbonyl (C=O) groups excluding carboxylic acids is 1. The molecule has 1 aliphatic carbocycles. The summed E-state index contributed by atoms with van der Waals surface area (Å²) in [4.78, 5) is 16.7. The second-order valence-corrected chi connectivity index (χ2v) is 6.56. The SMILES string of the molecule is Cc1ccc(C(=O)N(CC(N)=S)C2CCCC2)s1. The average molecular weight is 282 g/mol. The van der Waals surface area contributed by atoms with Crippen LogP contribution in [0.3, 0.4) is 0 Å². The van der Waals surface area contributed by atoms with Crippen molar-refractivity contribution < 1.29 is 4.79 Å². The summed E-state index contributed by atoms with van der Waals surface area (Å²) in [6.07, 6.45) is 4.52. The van der Waals surface area contributed by atoms with Gasteiger partial charge >= 0.3 is 0 Å². The van der Waals surface area contributed by atoms with Crippen molar-refractivity contribution in [2.75, 3.05) is 6.54 Å². The molecule has 0 atom stereocenters. The summed E-state index contributed by atoms with van der Waals surface area (Å²) in [7, 11) is 0. The number of hydrogen-bond acceptors (Lipinski definition) is 3. The topological polar surface area (TPSA) is 46.3 Å². The Hall–Kier alpha value is -0.940. The lowest BCUT2D eigenvalue weighted by Gasteiger charge is -2.28. The molecule has 0 unspecified atom stereocenters. The van der Waals surface area contributed by atoms with Gasteiger partial charge in [-0.15, -0.1) is 11.3 Å². The molecule has 98 valence electrons. The molecule has 1 aliphatic rings. The Morgan fingerprint density at radius 3 is 2.67 bits per heavy atom. The van der Waals surface area contributed by atoms with Crippen LogP contribution in [0.1, 0.15) is 40.2 Å². The summed E-state index contributed by atoms with van der Waals surface area (Å²) < 4.78 is 0. The highest BCUT2D eigenvalue weighted by atomic mass is 32.1. The number of amides is 1. The zero-order chi connectivity index (χ0) is 13.1. The van der Waals surface area contributed by atoms with Crippen molar-refractivity contribution in [3.05, 3.63) is 21.9 Å². The van der Waals surface area contributed by atoms with Crippen LogP contribution in [-0.2, 0) is 0 Å². The fourth-order valence-electron chi connectivity index (χ4n) is 2.44. The van der Waals surface area contributed by atoms with Gasteiger partial charge in [0, 0.05) is 10.9 Å².